The number of hydrogen-bond acceptors (Lipinski definition) is 2. The summed E-state index contributed by atoms with van der Waals surface area (Å²) in [6, 6.07) is 0. The highest BCUT2D eigenvalue weighted by Crippen LogP contribution is 2.28. The number of fused-ring (bicyclic) bond motifs is 1. The van der Waals surface area contributed by atoms with Gasteiger partial charge in [0.05, 0.1) is 11.6 Å². The van der Waals surface area contributed by atoms with Gasteiger partial charge in [-0.2, -0.15) is 5.10 Å². The molecule has 0 spiro atoms. The fraction of sp³-hybridized carbons (Fsp3) is 0.833. The molecule has 3 nitrogen and oxygen atoms in total. The Bertz CT molecular complexity index is 273. The van der Waals surface area contributed by atoms with Crippen LogP contribution >= 0.6 is 0 Å². The summed E-state index contributed by atoms with van der Waals surface area (Å²) in [5, 5.41) is 6.21. The molecule has 0 aromatic heterocycles. The summed E-state index contributed by atoms with van der Waals surface area (Å²) >= 11 is 0. The number of carbonyl (C=O) groups excluding carboxylic acids is 1. The summed E-state index contributed by atoms with van der Waals surface area (Å²) in [6.45, 7) is 2.96. The lowest BCUT2D eigenvalue weighted by Gasteiger charge is -2.13. The largest absolute Gasteiger partial charge is 0.272 e. The van der Waals surface area contributed by atoms with E-state index in [0.717, 1.165) is 37.9 Å². The maximum atomic E-state index is 12.0. The zero-order valence-corrected chi connectivity index (χ0v) is 9.54. The molecule has 1 unspecified atom stereocenters. The van der Waals surface area contributed by atoms with E-state index in [1.54, 1.807) is 5.01 Å². The monoisotopic (exact) mass is 208 g/mol. The lowest BCUT2D eigenvalue weighted by molar-refractivity contribution is -0.132. The van der Waals surface area contributed by atoms with E-state index in [-0.39, 0.29) is 11.8 Å². The van der Waals surface area contributed by atoms with E-state index in [9.17, 15) is 4.79 Å². The maximum absolute atomic E-state index is 12.0. The van der Waals surface area contributed by atoms with Crippen LogP contribution in [0.25, 0.3) is 0 Å². The van der Waals surface area contributed by atoms with E-state index in [1.165, 1.54) is 19.3 Å². The van der Waals surface area contributed by atoms with Gasteiger partial charge in [0.2, 0.25) is 0 Å². The van der Waals surface area contributed by atoms with Crippen LogP contribution in [0.15, 0.2) is 5.10 Å². The highest BCUT2D eigenvalue weighted by molar-refractivity contribution is 6.08. The van der Waals surface area contributed by atoms with E-state index in [1.807, 2.05) is 0 Å². The molecular formula is C12H20N2O. The Morgan fingerprint density at radius 1 is 1.40 bits per heavy atom. The van der Waals surface area contributed by atoms with Crippen molar-refractivity contribution in [2.24, 2.45) is 11.0 Å². The van der Waals surface area contributed by atoms with Crippen molar-refractivity contribution in [3.8, 4) is 0 Å². The first-order valence-corrected chi connectivity index (χ1v) is 6.21. The second kappa shape index (κ2) is 4.77. The predicted molar refractivity (Wildman–Crippen MR) is 60.6 cm³/mol. The fourth-order valence-electron chi connectivity index (χ4n) is 2.41. The van der Waals surface area contributed by atoms with Gasteiger partial charge in [0, 0.05) is 6.54 Å². The van der Waals surface area contributed by atoms with Crippen molar-refractivity contribution < 1.29 is 4.79 Å². The van der Waals surface area contributed by atoms with Crippen LogP contribution in [0, 0.1) is 5.92 Å². The number of nitrogens with zero attached hydrogens (tertiary/aromatic N) is 2. The van der Waals surface area contributed by atoms with Gasteiger partial charge in [0.1, 0.15) is 0 Å². The molecule has 0 saturated heterocycles. The number of unbranched alkanes of at least 4 members (excludes halogenated alkanes) is 1. The van der Waals surface area contributed by atoms with Crippen LogP contribution in [-0.2, 0) is 4.79 Å². The second-order valence-corrected chi connectivity index (χ2v) is 4.56. The predicted octanol–water partition coefficient (Wildman–Crippen LogP) is 2.57. The minimum atomic E-state index is 0.143. The van der Waals surface area contributed by atoms with Gasteiger partial charge in [-0.25, -0.2) is 5.01 Å². The molecule has 1 amide bonds. The van der Waals surface area contributed by atoms with Crippen molar-refractivity contribution in [3.05, 3.63) is 0 Å². The van der Waals surface area contributed by atoms with Crippen LogP contribution < -0.4 is 0 Å². The van der Waals surface area contributed by atoms with Gasteiger partial charge in [0.25, 0.3) is 5.91 Å². The van der Waals surface area contributed by atoms with Crippen molar-refractivity contribution in [1.29, 1.82) is 0 Å². The van der Waals surface area contributed by atoms with E-state index in [2.05, 4.69) is 12.0 Å². The van der Waals surface area contributed by atoms with Gasteiger partial charge in [-0.1, -0.05) is 26.2 Å². The van der Waals surface area contributed by atoms with Gasteiger partial charge in [-0.3, -0.25) is 4.79 Å². The molecule has 0 aromatic rings. The molecular weight excluding hydrogens is 188 g/mol. The first-order chi connectivity index (χ1) is 7.33. The van der Waals surface area contributed by atoms with E-state index in [4.69, 9.17) is 0 Å². The Kier molecular flexibility index (Phi) is 3.39. The molecule has 0 bridgehead atoms. The smallest absolute Gasteiger partial charge is 0.251 e. The van der Waals surface area contributed by atoms with Crippen molar-refractivity contribution in [3.63, 3.8) is 0 Å². The Morgan fingerprint density at radius 3 is 3.07 bits per heavy atom. The van der Waals surface area contributed by atoms with Gasteiger partial charge in [-0.05, 0) is 25.7 Å². The first-order valence-electron chi connectivity index (χ1n) is 6.21. The quantitative estimate of drug-likeness (QED) is 0.701. The second-order valence-electron chi connectivity index (χ2n) is 4.56. The SMILES string of the molecule is CCCCN1N=C2CCCCCC2C1=O. The van der Waals surface area contributed by atoms with Crippen LogP contribution in [0.2, 0.25) is 0 Å². The Morgan fingerprint density at radius 2 is 2.27 bits per heavy atom. The fourth-order valence-corrected chi connectivity index (χ4v) is 2.41. The summed E-state index contributed by atoms with van der Waals surface area (Å²) in [6.07, 6.45) is 7.92. The third-order valence-corrected chi connectivity index (χ3v) is 3.35. The normalized spacial score (nSPS) is 26.2. The van der Waals surface area contributed by atoms with E-state index in [0.29, 0.717) is 0 Å². The molecule has 0 aromatic carbocycles. The molecule has 1 saturated carbocycles. The maximum Gasteiger partial charge on any atom is 0.251 e. The highest BCUT2D eigenvalue weighted by Gasteiger charge is 2.35. The van der Waals surface area contributed by atoms with Crippen LogP contribution in [0.1, 0.15) is 51.9 Å². The lowest BCUT2D eigenvalue weighted by Crippen LogP contribution is -2.28. The summed E-state index contributed by atoms with van der Waals surface area (Å²) < 4.78 is 0. The average Bonchev–Trinajstić information content (AvgIpc) is 2.44. The summed E-state index contributed by atoms with van der Waals surface area (Å²) in [7, 11) is 0. The lowest BCUT2D eigenvalue weighted by atomic mass is 9.98. The number of amides is 1. The minimum Gasteiger partial charge on any atom is -0.272 e. The molecule has 1 fully saturated rings. The van der Waals surface area contributed by atoms with Gasteiger partial charge in [0.15, 0.2) is 0 Å². The molecule has 1 heterocycles. The topological polar surface area (TPSA) is 32.7 Å². The Labute approximate surface area is 91.5 Å². The van der Waals surface area contributed by atoms with Crippen molar-refractivity contribution in [1.82, 2.24) is 5.01 Å². The highest BCUT2D eigenvalue weighted by atomic mass is 16.2. The van der Waals surface area contributed by atoms with Crippen molar-refractivity contribution in [2.75, 3.05) is 6.54 Å². The minimum absolute atomic E-state index is 0.143. The van der Waals surface area contributed by atoms with Crippen LogP contribution in [0.3, 0.4) is 0 Å². The third kappa shape index (κ3) is 2.21. The van der Waals surface area contributed by atoms with Crippen LogP contribution in [-0.4, -0.2) is 23.2 Å². The van der Waals surface area contributed by atoms with E-state index < -0.39 is 0 Å². The average molecular weight is 208 g/mol. The number of hydrazone groups is 1. The molecule has 0 N–H and O–H groups in total. The van der Waals surface area contributed by atoms with Gasteiger partial charge in [-0.15, -0.1) is 0 Å². The molecule has 3 heteroatoms. The zero-order chi connectivity index (χ0) is 10.7. The molecule has 1 aliphatic carbocycles. The Balaban J connectivity index is 2.02. The molecule has 15 heavy (non-hydrogen) atoms. The van der Waals surface area contributed by atoms with Gasteiger partial charge < -0.3 is 0 Å². The third-order valence-electron chi connectivity index (χ3n) is 3.35. The van der Waals surface area contributed by atoms with Crippen molar-refractivity contribution >= 4 is 11.6 Å². The summed E-state index contributed by atoms with van der Waals surface area (Å²) in [4.78, 5) is 12.0. The van der Waals surface area contributed by atoms with Crippen LogP contribution in [0.5, 0.6) is 0 Å². The van der Waals surface area contributed by atoms with Gasteiger partial charge >= 0.3 is 0 Å². The number of carbonyl (C=O) groups is 1. The zero-order valence-electron chi connectivity index (χ0n) is 9.54. The Hall–Kier alpha value is -0.860. The number of rotatable bonds is 3. The first kappa shape index (κ1) is 10.7. The molecule has 84 valence electrons. The number of hydrogen-bond donors (Lipinski definition) is 0. The standard InChI is InChI=1S/C12H20N2O/c1-2-3-9-14-12(15)10-7-5-4-6-8-11(10)13-14/h10H,2-9H2,1H3. The van der Waals surface area contributed by atoms with E-state index >= 15 is 0 Å². The molecule has 1 aliphatic heterocycles. The molecule has 2 aliphatic rings. The summed E-state index contributed by atoms with van der Waals surface area (Å²) in [5.74, 6) is 0.407. The molecule has 2 rings (SSSR count). The van der Waals surface area contributed by atoms with Crippen LogP contribution in [0.4, 0.5) is 0 Å². The summed E-state index contributed by atoms with van der Waals surface area (Å²) in [5.41, 5.74) is 1.16. The van der Waals surface area contributed by atoms with Crippen molar-refractivity contribution in [2.45, 2.75) is 51.9 Å². The molecule has 0 radical (unpaired) electrons. The molecule has 1 atom stereocenters.